The van der Waals surface area contributed by atoms with Crippen LogP contribution in [0.5, 0.6) is 0 Å². The second-order valence-corrected chi connectivity index (χ2v) is 11.4. The van der Waals surface area contributed by atoms with Gasteiger partial charge in [-0.2, -0.15) is 5.10 Å². The maximum absolute atomic E-state index is 15.4. The van der Waals surface area contributed by atoms with Crippen LogP contribution >= 0.6 is 0 Å². The summed E-state index contributed by atoms with van der Waals surface area (Å²) in [7, 11) is 0. The van der Waals surface area contributed by atoms with Crippen molar-refractivity contribution in [3.8, 4) is 11.3 Å². The summed E-state index contributed by atoms with van der Waals surface area (Å²) in [5.74, 6) is 0.0273. The normalized spacial score (nSPS) is 22.9. The van der Waals surface area contributed by atoms with Gasteiger partial charge in [0.25, 0.3) is 5.91 Å². The smallest absolute Gasteiger partial charge is 0.273 e. The monoisotopic (exact) mass is 525 g/mol. The summed E-state index contributed by atoms with van der Waals surface area (Å²) in [4.78, 5) is 22.4. The number of rotatable bonds is 4. The van der Waals surface area contributed by atoms with Gasteiger partial charge < -0.3 is 14.9 Å². The van der Waals surface area contributed by atoms with Gasteiger partial charge in [0.15, 0.2) is 5.65 Å². The van der Waals surface area contributed by atoms with Gasteiger partial charge in [0.05, 0.1) is 17.8 Å². The van der Waals surface area contributed by atoms with Gasteiger partial charge in [0.2, 0.25) is 0 Å². The highest BCUT2D eigenvalue weighted by Crippen LogP contribution is 2.41. The number of hydrogen-bond acceptors (Lipinski definition) is 5. The van der Waals surface area contributed by atoms with Crippen molar-refractivity contribution in [2.75, 3.05) is 24.5 Å². The van der Waals surface area contributed by atoms with Gasteiger partial charge in [-0.15, -0.1) is 0 Å². The maximum Gasteiger partial charge on any atom is 0.273 e. The van der Waals surface area contributed by atoms with Crippen molar-refractivity contribution >= 4 is 17.2 Å². The number of anilines is 1. The maximum atomic E-state index is 15.4. The summed E-state index contributed by atoms with van der Waals surface area (Å²) in [6.45, 7) is 5.92. The zero-order chi connectivity index (χ0) is 26.8. The second kappa shape index (κ2) is 9.16. The molecule has 8 heteroatoms. The van der Waals surface area contributed by atoms with Crippen LogP contribution in [0.25, 0.3) is 16.9 Å². The first-order chi connectivity index (χ1) is 18.9. The van der Waals surface area contributed by atoms with Crippen molar-refractivity contribution in [1.82, 2.24) is 19.5 Å². The molecule has 0 spiro atoms. The number of aromatic nitrogens is 3. The minimum atomic E-state index is -0.405. The number of carbonyl (C=O) groups is 1. The molecule has 3 atom stereocenters. The fraction of sp³-hybridized carbons (Fsp3) is 0.387. The molecule has 7 nitrogen and oxygen atoms in total. The average Bonchev–Trinajstić information content (AvgIpc) is 3.61. The van der Waals surface area contributed by atoms with Gasteiger partial charge in [-0.05, 0) is 61.6 Å². The van der Waals surface area contributed by atoms with Crippen LogP contribution in [0.2, 0.25) is 0 Å². The van der Waals surface area contributed by atoms with E-state index in [9.17, 15) is 9.90 Å². The van der Waals surface area contributed by atoms with Crippen LogP contribution in [0.15, 0.2) is 54.6 Å². The summed E-state index contributed by atoms with van der Waals surface area (Å²) >= 11 is 0. The van der Waals surface area contributed by atoms with Gasteiger partial charge in [0.1, 0.15) is 11.5 Å². The summed E-state index contributed by atoms with van der Waals surface area (Å²) in [5.41, 5.74) is 6.05. The highest BCUT2D eigenvalue weighted by Gasteiger charge is 2.33. The second-order valence-electron chi connectivity index (χ2n) is 11.4. The predicted molar refractivity (Wildman–Crippen MR) is 147 cm³/mol. The number of halogens is 1. The zero-order valence-corrected chi connectivity index (χ0v) is 22.2. The standard InChI is InChI=1S/C31H32FN5O2/c1-18-16-35(17-29(18)38)22-9-10-24(25(32)13-22)26-15-30-33-27(14-28(21-7-8-21)37(30)34-26)31(39)36-12-11-20-5-3-4-6-23(20)19(36)2/h3-6,9-10,13-15,18-19,21,29,38H,7-8,11-12,16-17H2,1-2H3/t18-,19+,29?/m0/s1. The van der Waals surface area contributed by atoms with E-state index in [4.69, 9.17) is 10.1 Å². The molecular weight excluding hydrogens is 493 g/mol. The van der Waals surface area contributed by atoms with Crippen LogP contribution < -0.4 is 4.90 Å². The van der Waals surface area contributed by atoms with E-state index in [-0.39, 0.29) is 23.7 Å². The molecule has 1 unspecified atom stereocenters. The third-order valence-corrected chi connectivity index (χ3v) is 8.69. The van der Waals surface area contributed by atoms with Gasteiger partial charge in [0, 0.05) is 54.5 Å². The van der Waals surface area contributed by atoms with E-state index in [0.29, 0.717) is 48.2 Å². The third-order valence-electron chi connectivity index (χ3n) is 8.69. The SMILES string of the molecule is C[C@@H]1c2ccccc2CCN1C(=O)c1cc(C2CC2)n2nc(-c3ccc(N4CC(O)[C@@H](C)C4)cc3F)cc2n1. The molecule has 1 saturated carbocycles. The minimum Gasteiger partial charge on any atom is -0.391 e. The van der Waals surface area contributed by atoms with Crippen molar-refractivity contribution < 1.29 is 14.3 Å². The number of aliphatic hydroxyl groups is 1. The molecular formula is C31H32FN5O2. The Morgan fingerprint density at radius 3 is 2.62 bits per heavy atom. The average molecular weight is 526 g/mol. The lowest BCUT2D eigenvalue weighted by atomic mass is 9.93. The molecule has 0 radical (unpaired) electrons. The number of benzene rings is 2. The number of fused-ring (bicyclic) bond motifs is 2. The minimum absolute atomic E-state index is 0.0300. The van der Waals surface area contributed by atoms with Gasteiger partial charge in [-0.3, -0.25) is 4.79 Å². The molecule has 2 aromatic carbocycles. The fourth-order valence-corrected chi connectivity index (χ4v) is 6.17. The molecule has 4 aromatic rings. The van der Waals surface area contributed by atoms with Gasteiger partial charge in [-0.25, -0.2) is 13.9 Å². The quantitative estimate of drug-likeness (QED) is 0.407. The van der Waals surface area contributed by atoms with E-state index >= 15 is 4.39 Å². The lowest BCUT2D eigenvalue weighted by Gasteiger charge is -2.35. The zero-order valence-electron chi connectivity index (χ0n) is 22.2. The van der Waals surface area contributed by atoms with Crippen LogP contribution in [-0.4, -0.2) is 56.2 Å². The van der Waals surface area contributed by atoms with E-state index < -0.39 is 6.10 Å². The first kappa shape index (κ1) is 24.3. The summed E-state index contributed by atoms with van der Waals surface area (Å²) < 4.78 is 17.2. The number of hydrogen-bond donors (Lipinski definition) is 1. The first-order valence-corrected chi connectivity index (χ1v) is 13.9. The van der Waals surface area contributed by atoms with E-state index in [1.165, 1.54) is 17.2 Å². The molecule has 0 bridgehead atoms. The van der Waals surface area contributed by atoms with Crippen molar-refractivity contribution in [3.63, 3.8) is 0 Å². The number of β-amino-alcohol motifs (C(OH)–C–C–N with tert-alkyl or cyclic N) is 1. The fourth-order valence-electron chi connectivity index (χ4n) is 6.17. The van der Waals surface area contributed by atoms with E-state index in [1.54, 1.807) is 16.6 Å². The van der Waals surface area contributed by atoms with Gasteiger partial charge in [-0.1, -0.05) is 31.2 Å². The van der Waals surface area contributed by atoms with Crippen LogP contribution in [0, 0.1) is 11.7 Å². The first-order valence-electron chi connectivity index (χ1n) is 13.9. The Hall–Kier alpha value is -3.78. The van der Waals surface area contributed by atoms with Crippen LogP contribution in [0.4, 0.5) is 10.1 Å². The third kappa shape index (κ3) is 4.18. The number of aliphatic hydroxyl groups excluding tert-OH is 1. The molecule has 4 heterocycles. The Bertz CT molecular complexity index is 1590. The van der Waals surface area contributed by atoms with E-state index in [0.717, 1.165) is 30.6 Å². The van der Waals surface area contributed by atoms with Crippen LogP contribution in [0.1, 0.15) is 66.0 Å². The largest absolute Gasteiger partial charge is 0.391 e. The molecule has 1 N–H and O–H groups in total. The highest BCUT2D eigenvalue weighted by molar-refractivity contribution is 5.93. The Morgan fingerprint density at radius 2 is 1.87 bits per heavy atom. The number of amides is 1. The molecule has 2 fully saturated rings. The lowest BCUT2D eigenvalue weighted by molar-refractivity contribution is 0.0671. The van der Waals surface area contributed by atoms with E-state index in [1.807, 2.05) is 41.0 Å². The van der Waals surface area contributed by atoms with Crippen molar-refractivity contribution in [2.45, 2.75) is 51.2 Å². The predicted octanol–water partition coefficient (Wildman–Crippen LogP) is 4.99. The Balaban J connectivity index is 1.22. The summed E-state index contributed by atoms with van der Waals surface area (Å²) in [5, 5.41) is 14.9. The molecule has 1 amide bonds. The van der Waals surface area contributed by atoms with Crippen molar-refractivity contribution in [2.24, 2.45) is 5.92 Å². The molecule has 39 heavy (non-hydrogen) atoms. The highest BCUT2D eigenvalue weighted by atomic mass is 19.1. The number of carbonyl (C=O) groups excluding carboxylic acids is 1. The van der Waals surface area contributed by atoms with Crippen molar-refractivity contribution in [1.29, 1.82) is 0 Å². The number of nitrogens with zero attached hydrogens (tertiary/aromatic N) is 5. The van der Waals surface area contributed by atoms with Crippen molar-refractivity contribution in [3.05, 3.63) is 82.9 Å². The lowest BCUT2D eigenvalue weighted by Crippen LogP contribution is -2.39. The molecule has 1 aliphatic carbocycles. The topological polar surface area (TPSA) is 74.0 Å². The molecule has 1 saturated heterocycles. The van der Waals surface area contributed by atoms with Crippen LogP contribution in [-0.2, 0) is 6.42 Å². The summed E-state index contributed by atoms with van der Waals surface area (Å²) in [6, 6.07) is 17.1. The Morgan fingerprint density at radius 1 is 1.05 bits per heavy atom. The molecule has 2 aromatic heterocycles. The molecule has 200 valence electrons. The Labute approximate surface area is 226 Å². The molecule has 7 rings (SSSR count). The summed E-state index contributed by atoms with van der Waals surface area (Å²) in [6.07, 6.45) is 2.50. The van der Waals surface area contributed by atoms with Gasteiger partial charge >= 0.3 is 0 Å². The molecule has 2 aliphatic heterocycles. The molecule has 3 aliphatic rings. The van der Waals surface area contributed by atoms with E-state index in [2.05, 4.69) is 19.1 Å². The van der Waals surface area contributed by atoms with Crippen LogP contribution in [0.3, 0.4) is 0 Å². The Kier molecular flexibility index (Phi) is 5.70.